The average molecular weight is 326 g/mol. The molecule has 0 unspecified atom stereocenters. The Labute approximate surface area is 137 Å². The van der Waals surface area contributed by atoms with Crippen LogP contribution in [0.3, 0.4) is 0 Å². The van der Waals surface area contributed by atoms with Gasteiger partial charge in [0.15, 0.2) is 0 Å². The summed E-state index contributed by atoms with van der Waals surface area (Å²) in [5.74, 6) is -0.521. The number of rotatable bonds is 3. The summed E-state index contributed by atoms with van der Waals surface area (Å²) in [6.45, 7) is 0. The van der Waals surface area contributed by atoms with Crippen molar-refractivity contribution in [3.8, 4) is 5.75 Å². The molecule has 0 atom stereocenters. The molecule has 2 N–H and O–H groups in total. The van der Waals surface area contributed by atoms with Crippen LogP contribution in [0.15, 0.2) is 60.7 Å². The number of benzene rings is 3. The lowest BCUT2D eigenvalue weighted by atomic mass is 10.1. The number of fused-ring (bicyclic) bond motifs is 1. The van der Waals surface area contributed by atoms with Crippen LogP contribution in [-0.2, 0) is 0 Å². The van der Waals surface area contributed by atoms with E-state index in [0.717, 1.165) is 10.8 Å². The van der Waals surface area contributed by atoms with Crippen molar-refractivity contribution < 1.29 is 14.7 Å². The third-order valence-corrected chi connectivity index (χ3v) is 3.70. The third kappa shape index (κ3) is 3.17. The summed E-state index contributed by atoms with van der Waals surface area (Å²) in [6, 6.07) is 16.8. The Bertz CT molecular complexity index is 904. The van der Waals surface area contributed by atoms with E-state index < -0.39 is 11.1 Å². The zero-order valence-corrected chi connectivity index (χ0v) is 12.7. The van der Waals surface area contributed by atoms with Crippen LogP contribution in [0, 0.1) is 0 Å². The van der Waals surface area contributed by atoms with Crippen LogP contribution in [0.25, 0.3) is 10.8 Å². The molecule has 114 valence electrons. The second-order valence-electron chi connectivity index (χ2n) is 5.02. The molecule has 0 radical (unpaired) electrons. The lowest BCUT2D eigenvalue weighted by Gasteiger charge is -2.09. The first-order chi connectivity index (χ1) is 11.0. The molecule has 0 heterocycles. The average Bonchev–Trinajstić information content (AvgIpc) is 2.54. The number of amides is 1. The second kappa shape index (κ2) is 6.10. The van der Waals surface area contributed by atoms with Crippen LogP contribution >= 0.6 is 11.6 Å². The summed E-state index contributed by atoms with van der Waals surface area (Å²) in [5, 5.41) is 13.9. The maximum absolute atomic E-state index is 12.3. The van der Waals surface area contributed by atoms with Gasteiger partial charge in [0.05, 0.1) is 5.56 Å². The molecule has 4 nitrogen and oxygen atoms in total. The number of aromatic hydroxyl groups is 1. The van der Waals surface area contributed by atoms with Crippen molar-refractivity contribution in [2.45, 2.75) is 0 Å². The first-order valence-electron chi connectivity index (χ1n) is 6.87. The number of anilines is 1. The first kappa shape index (κ1) is 15.1. The van der Waals surface area contributed by atoms with Crippen LogP contribution in [0.4, 0.5) is 5.69 Å². The standard InChI is InChI=1S/C18H12ClNO3/c19-17(22)11-5-7-14(8-6-11)20-18(23)15-9-12-3-1-2-4-13(12)10-16(15)21/h1-10,21H,(H,20,23). The molecule has 3 aromatic carbocycles. The fourth-order valence-corrected chi connectivity index (χ4v) is 2.42. The van der Waals surface area contributed by atoms with Crippen molar-refractivity contribution in [3.05, 3.63) is 71.8 Å². The largest absolute Gasteiger partial charge is 0.507 e. The van der Waals surface area contributed by atoms with Crippen LogP contribution in [0.1, 0.15) is 20.7 Å². The minimum absolute atomic E-state index is 0.0891. The Morgan fingerprint density at radius 1 is 0.913 bits per heavy atom. The number of hydrogen-bond donors (Lipinski definition) is 2. The fraction of sp³-hybridized carbons (Fsp3) is 0. The number of carbonyl (C=O) groups is 2. The minimum atomic E-state index is -0.560. The molecule has 5 heteroatoms. The molecule has 3 aromatic rings. The van der Waals surface area contributed by atoms with E-state index in [4.69, 9.17) is 11.6 Å². The molecule has 0 spiro atoms. The Balaban J connectivity index is 1.88. The van der Waals surface area contributed by atoms with Gasteiger partial charge in [-0.2, -0.15) is 0 Å². The van der Waals surface area contributed by atoms with Crippen LogP contribution in [0.5, 0.6) is 5.75 Å². The van der Waals surface area contributed by atoms with Gasteiger partial charge >= 0.3 is 0 Å². The fourth-order valence-electron chi connectivity index (χ4n) is 2.29. The van der Waals surface area contributed by atoms with Crippen molar-refractivity contribution in [3.63, 3.8) is 0 Å². The number of phenolic OH excluding ortho intramolecular Hbond substituents is 1. The minimum Gasteiger partial charge on any atom is -0.507 e. The van der Waals surface area contributed by atoms with Gasteiger partial charge in [-0.3, -0.25) is 9.59 Å². The van der Waals surface area contributed by atoms with Crippen molar-refractivity contribution in [2.75, 3.05) is 5.32 Å². The SMILES string of the molecule is O=C(Cl)c1ccc(NC(=O)c2cc3ccccc3cc2O)cc1. The molecule has 0 aromatic heterocycles. The smallest absolute Gasteiger partial charge is 0.259 e. The normalized spacial score (nSPS) is 10.5. The Morgan fingerprint density at radius 2 is 1.52 bits per heavy atom. The second-order valence-corrected chi connectivity index (χ2v) is 5.36. The van der Waals surface area contributed by atoms with Crippen molar-refractivity contribution in [2.24, 2.45) is 0 Å². The Kier molecular flexibility index (Phi) is 4.00. The third-order valence-electron chi connectivity index (χ3n) is 3.48. The van der Waals surface area contributed by atoms with Crippen LogP contribution < -0.4 is 5.32 Å². The summed E-state index contributed by atoms with van der Waals surface area (Å²) in [5.41, 5.74) is 1.03. The van der Waals surface area contributed by atoms with Gasteiger partial charge in [0.2, 0.25) is 0 Å². The monoisotopic (exact) mass is 325 g/mol. The molecule has 0 saturated carbocycles. The highest BCUT2D eigenvalue weighted by atomic mass is 35.5. The van der Waals surface area contributed by atoms with E-state index in [9.17, 15) is 14.7 Å². The molecule has 23 heavy (non-hydrogen) atoms. The predicted molar refractivity (Wildman–Crippen MR) is 90.2 cm³/mol. The molecule has 0 saturated heterocycles. The van der Waals surface area contributed by atoms with Gasteiger partial charge in [-0.25, -0.2) is 0 Å². The zero-order chi connectivity index (χ0) is 16.4. The lowest BCUT2D eigenvalue weighted by molar-refractivity contribution is 0.102. The molecule has 0 aliphatic carbocycles. The number of carbonyl (C=O) groups excluding carboxylic acids is 2. The van der Waals surface area contributed by atoms with E-state index in [1.54, 1.807) is 24.3 Å². The predicted octanol–water partition coefficient (Wildman–Crippen LogP) is 4.18. The van der Waals surface area contributed by atoms with E-state index in [1.807, 2.05) is 24.3 Å². The maximum atomic E-state index is 12.3. The molecule has 1 amide bonds. The van der Waals surface area contributed by atoms with Gasteiger partial charge < -0.3 is 10.4 Å². The summed E-state index contributed by atoms with van der Waals surface area (Å²) in [7, 11) is 0. The van der Waals surface area contributed by atoms with Gasteiger partial charge in [-0.15, -0.1) is 0 Å². The molecule has 0 aliphatic heterocycles. The van der Waals surface area contributed by atoms with Gasteiger partial charge in [0.1, 0.15) is 5.75 Å². The van der Waals surface area contributed by atoms with Gasteiger partial charge in [-0.1, -0.05) is 24.3 Å². The van der Waals surface area contributed by atoms with E-state index in [2.05, 4.69) is 5.32 Å². The van der Waals surface area contributed by atoms with Crippen molar-refractivity contribution in [1.82, 2.24) is 0 Å². The molecule has 3 rings (SSSR count). The zero-order valence-electron chi connectivity index (χ0n) is 11.9. The van der Waals surface area contributed by atoms with Crippen LogP contribution in [-0.4, -0.2) is 16.3 Å². The van der Waals surface area contributed by atoms with E-state index in [1.165, 1.54) is 12.1 Å². The molecule has 0 aliphatic rings. The maximum Gasteiger partial charge on any atom is 0.259 e. The summed E-state index contributed by atoms with van der Waals surface area (Å²) >= 11 is 5.37. The van der Waals surface area contributed by atoms with Crippen molar-refractivity contribution in [1.29, 1.82) is 0 Å². The van der Waals surface area contributed by atoms with Gasteiger partial charge in [0.25, 0.3) is 11.1 Å². The molecule has 0 bridgehead atoms. The Hall–Kier alpha value is -2.85. The number of halogens is 1. The van der Waals surface area contributed by atoms with Crippen LogP contribution in [0.2, 0.25) is 0 Å². The molecule has 0 fully saturated rings. The van der Waals surface area contributed by atoms with Gasteiger partial charge in [-0.05, 0) is 58.8 Å². The van der Waals surface area contributed by atoms with E-state index in [0.29, 0.717) is 11.3 Å². The highest BCUT2D eigenvalue weighted by molar-refractivity contribution is 6.67. The molecular weight excluding hydrogens is 314 g/mol. The highest BCUT2D eigenvalue weighted by Gasteiger charge is 2.13. The summed E-state index contributed by atoms with van der Waals surface area (Å²) < 4.78 is 0. The number of phenols is 1. The highest BCUT2D eigenvalue weighted by Crippen LogP contribution is 2.26. The van der Waals surface area contributed by atoms with E-state index in [-0.39, 0.29) is 11.3 Å². The molecular formula is C18H12ClNO3. The quantitative estimate of drug-likeness (QED) is 0.710. The van der Waals surface area contributed by atoms with Crippen molar-refractivity contribution >= 4 is 39.2 Å². The van der Waals surface area contributed by atoms with Gasteiger partial charge in [0, 0.05) is 11.3 Å². The Morgan fingerprint density at radius 3 is 2.13 bits per heavy atom. The lowest BCUT2D eigenvalue weighted by Crippen LogP contribution is -2.12. The first-order valence-corrected chi connectivity index (χ1v) is 7.25. The van der Waals surface area contributed by atoms with E-state index >= 15 is 0 Å². The summed E-state index contributed by atoms with van der Waals surface area (Å²) in [6.07, 6.45) is 0. The number of hydrogen-bond acceptors (Lipinski definition) is 3. The number of nitrogens with one attached hydrogen (secondary N) is 1. The topological polar surface area (TPSA) is 66.4 Å². The summed E-state index contributed by atoms with van der Waals surface area (Å²) in [4.78, 5) is 23.3.